The Bertz CT molecular complexity index is 521. The third-order valence-corrected chi connectivity index (χ3v) is 3.22. The normalized spacial score (nSPS) is 12.6. The predicted octanol–water partition coefficient (Wildman–Crippen LogP) is 0.695. The van der Waals surface area contributed by atoms with Gasteiger partial charge in [0.15, 0.2) is 9.84 Å². The molecule has 0 bridgehead atoms. The summed E-state index contributed by atoms with van der Waals surface area (Å²) in [6.07, 6.45) is 1.11. The minimum Gasteiger partial charge on any atom is -0.481 e. The van der Waals surface area contributed by atoms with Crippen LogP contribution in [0.25, 0.3) is 0 Å². The fraction of sp³-hybridized carbons (Fsp3) is 0.300. The monoisotopic (exact) mass is 242 g/mol. The van der Waals surface area contributed by atoms with Crippen molar-refractivity contribution in [1.82, 2.24) is 0 Å². The van der Waals surface area contributed by atoms with Gasteiger partial charge in [-0.25, -0.2) is 8.42 Å². The van der Waals surface area contributed by atoms with E-state index in [1.165, 1.54) is 19.2 Å². The van der Waals surface area contributed by atoms with Gasteiger partial charge in [-0.15, -0.1) is 0 Å². The van der Waals surface area contributed by atoms with Crippen LogP contribution in [0.3, 0.4) is 0 Å². The minimum atomic E-state index is -3.30. The van der Waals surface area contributed by atoms with Gasteiger partial charge in [0.25, 0.3) is 0 Å². The summed E-state index contributed by atoms with van der Waals surface area (Å²) in [7, 11) is -0.223. The lowest BCUT2D eigenvalue weighted by molar-refractivity contribution is 0.404. The number of sulfone groups is 1. The average Bonchev–Trinajstić information content (AvgIpc) is 2.17. The van der Waals surface area contributed by atoms with Gasteiger partial charge in [-0.05, 0) is 18.2 Å². The van der Waals surface area contributed by atoms with E-state index in [9.17, 15) is 8.42 Å². The van der Waals surface area contributed by atoms with Crippen LogP contribution in [0, 0.1) is 0 Å². The minimum absolute atomic E-state index is 0.114. The molecule has 88 valence electrons. The van der Waals surface area contributed by atoms with Crippen LogP contribution in [-0.2, 0) is 14.6 Å². The summed E-state index contributed by atoms with van der Waals surface area (Å²) in [5.41, 5.74) is 6.51. The Morgan fingerprint density at radius 1 is 1.44 bits per heavy atom. The number of nitrogens with zero attached hydrogens (tertiary/aromatic N) is 1. The Labute approximate surface area is 94.9 Å². The first kappa shape index (κ1) is 12.5. The van der Waals surface area contributed by atoms with Crippen LogP contribution in [0.2, 0.25) is 0 Å². The van der Waals surface area contributed by atoms with Crippen molar-refractivity contribution < 1.29 is 13.2 Å². The molecule has 0 spiro atoms. The topological polar surface area (TPSA) is 81.8 Å². The smallest absolute Gasteiger partial charge is 0.215 e. The van der Waals surface area contributed by atoms with Gasteiger partial charge in [0.2, 0.25) is 5.90 Å². The number of benzene rings is 1. The fourth-order valence-electron chi connectivity index (χ4n) is 1.36. The number of rotatable bonds is 2. The first-order valence-corrected chi connectivity index (χ1v) is 6.40. The molecule has 16 heavy (non-hydrogen) atoms. The van der Waals surface area contributed by atoms with E-state index < -0.39 is 9.84 Å². The van der Waals surface area contributed by atoms with Gasteiger partial charge in [-0.1, -0.05) is 0 Å². The van der Waals surface area contributed by atoms with Gasteiger partial charge in [-0.3, -0.25) is 4.99 Å². The van der Waals surface area contributed by atoms with Gasteiger partial charge in [0, 0.05) is 18.9 Å². The molecular formula is C10H14N2O3S. The molecule has 1 rings (SSSR count). The third-order valence-electron chi connectivity index (χ3n) is 2.05. The molecule has 1 aromatic rings. The summed E-state index contributed by atoms with van der Waals surface area (Å²) in [6, 6.07) is 4.59. The van der Waals surface area contributed by atoms with E-state index in [1.54, 1.807) is 13.1 Å². The van der Waals surface area contributed by atoms with Gasteiger partial charge >= 0.3 is 0 Å². The van der Waals surface area contributed by atoms with Crippen molar-refractivity contribution in [2.75, 3.05) is 26.1 Å². The second-order valence-electron chi connectivity index (χ2n) is 3.26. The Balaban J connectivity index is 3.30. The van der Waals surface area contributed by atoms with Crippen molar-refractivity contribution in [3.8, 4) is 0 Å². The summed E-state index contributed by atoms with van der Waals surface area (Å²) in [5.74, 6) is 0.409. The standard InChI is InChI=1S/C10H14N2O3S/c1-12-10(15-2)7-4-5-9(8(11)6-7)16(3,13)14/h4-6H,11H2,1-3H3. The van der Waals surface area contributed by atoms with Crippen LogP contribution in [0.1, 0.15) is 5.56 Å². The highest BCUT2D eigenvalue weighted by molar-refractivity contribution is 7.90. The van der Waals surface area contributed by atoms with Gasteiger partial charge in [0.1, 0.15) is 0 Å². The maximum Gasteiger partial charge on any atom is 0.215 e. The molecule has 0 atom stereocenters. The molecule has 0 aromatic heterocycles. The molecule has 0 fully saturated rings. The number of anilines is 1. The van der Waals surface area contributed by atoms with E-state index in [0.717, 1.165) is 6.26 Å². The number of aliphatic imine (C=N–C) groups is 1. The molecule has 0 amide bonds. The summed E-state index contributed by atoms with van der Waals surface area (Å²) in [5, 5.41) is 0. The second-order valence-corrected chi connectivity index (χ2v) is 5.24. The van der Waals surface area contributed by atoms with Crippen molar-refractivity contribution in [2.45, 2.75) is 4.90 Å². The zero-order valence-electron chi connectivity index (χ0n) is 9.39. The maximum absolute atomic E-state index is 11.3. The van der Waals surface area contributed by atoms with Crippen LogP contribution >= 0.6 is 0 Å². The van der Waals surface area contributed by atoms with Crippen molar-refractivity contribution in [1.29, 1.82) is 0 Å². The van der Waals surface area contributed by atoms with Crippen LogP contribution in [0.4, 0.5) is 5.69 Å². The quantitative estimate of drug-likeness (QED) is 0.470. The highest BCUT2D eigenvalue weighted by atomic mass is 32.2. The number of methoxy groups -OCH3 is 1. The zero-order chi connectivity index (χ0) is 12.3. The SMILES string of the molecule is CN=C(OC)c1ccc(S(C)(=O)=O)c(N)c1. The second kappa shape index (κ2) is 4.52. The van der Waals surface area contributed by atoms with Crippen molar-refractivity contribution in [3.05, 3.63) is 23.8 Å². The third kappa shape index (κ3) is 2.52. The molecule has 5 nitrogen and oxygen atoms in total. The number of ether oxygens (including phenoxy) is 1. The van der Waals surface area contributed by atoms with E-state index in [0.29, 0.717) is 11.5 Å². The highest BCUT2D eigenvalue weighted by Gasteiger charge is 2.13. The first-order valence-electron chi connectivity index (χ1n) is 4.51. The Kier molecular flexibility index (Phi) is 3.54. The lowest BCUT2D eigenvalue weighted by atomic mass is 10.2. The molecule has 2 N–H and O–H groups in total. The number of nitrogen functional groups attached to an aromatic ring is 1. The highest BCUT2D eigenvalue weighted by Crippen LogP contribution is 2.20. The summed E-state index contributed by atoms with van der Waals surface area (Å²) in [6.45, 7) is 0. The molecule has 0 aliphatic rings. The van der Waals surface area contributed by atoms with Crippen LogP contribution in [0.15, 0.2) is 28.1 Å². The molecule has 0 heterocycles. The van der Waals surface area contributed by atoms with E-state index in [2.05, 4.69) is 4.99 Å². The lowest BCUT2D eigenvalue weighted by Gasteiger charge is -2.07. The molecule has 0 radical (unpaired) electrons. The van der Waals surface area contributed by atoms with Gasteiger partial charge in [-0.2, -0.15) is 0 Å². The van der Waals surface area contributed by atoms with Gasteiger partial charge < -0.3 is 10.5 Å². The Hall–Kier alpha value is -1.56. The van der Waals surface area contributed by atoms with Crippen molar-refractivity contribution >= 4 is 21.4 Å². The first-order chi connectivity index (χ1) is 7.40. The number of hydrogen-bond acceptors (Lipinski definition) is 5. The van der Waals surface area contributed by atoms with Crippen molar-refractivity contribution in [3.63, 3.8) is 0 Å². The lowest BCUT2D eigenvalue weighted by Crippen LogP contribution is -2.07. The van der Waals surface area contributed by atoms with Crippen LogP contribution in [-0.4, -0.2) is 34.7 Å². The number of hydrogen-bond donors (Lipinski definition) is 1. The molecule has 1 aromatic carbocycles. The molecule has 0 saturated carbocycles. The molecular weight excluding hydrogens is 228 g/mol. The summed E-state index contributed by atoms with van der Waals surface area (Å²) >= 11 is 0. The molecule has 0 unspecified atom stereocenters. The largest absolute Gasteiger partial charge is 0.481 e. The fourth-order valence-corrected chi connectivity index (χ4v) is 2.16. The van der Waals surface area contributed by atoms with E-state index in [-0.39, 0.29) is 10.6 Å². The van der Waals surface area contributed by atoms with Crippen LogP contribution in [0.5, 0.6) is 0 Å². The zero-order valence-corrected chi connectivity index (χ0v) is 10.2. The number of nitrogens with two attached hydrogens (primary N) is 1. The molecule has 0 saturated heterocycles. The predicted molar refractivity (Wildman–Crippen MR) is 63.4 cm³/mol. The average molecular weight is 242 g/mol. The maximum atomic E-state index is 11.3. The Morgan fingerprint density at radius 3 is 2.44 bits per heavy atom. The molecule has 0 aliphatic carbocycles. The Morgan fingerprint density at radius 2 is 2.06 bits per heavy atom. The van der Waals surface area contributed by atoms with Crippen LogP contribution < -0.4 is 5.73 Å². The van der Waals surface area contributed by atoms with E-state index in [1.807, 2.05) is 0 Å². The van der Waals surface area contributed by atoms with Gasteiger partial charge in [0.05, 0.1) is 17.7 Å². The van der Waals surface area contributed by atoms with E-state index >= 15 is 0 Å². The van der Waals surface area contributed by atoms with E-state index in [4.69, 9.17) is 10.5 Å². The molecule has 0 aliphatic heterocycles. The van der Waals surface area contributed by atoms with Crippen molar-refractivity contribution in [2.24, 2.45) is 4.99 Å². The molecule has 6 heteroatoms. The summed E-state index contributed by atoms with van der Waals surface area (Å²) in [4.78, 5) is 4.01. The summed E-state index contributed by atoms with van der Waals surface area (Å²) < 4.78 is 27.7.